The van der Waals surface area contributed by atoms with Crippen LogP contribution in [0.25, 0.3) is 0 Å². The molecule has 1 unspecified atom stereocenters. The van der Waals surface area contributed by atoms with Gasteiger partial charge >= 0.3 is 6.18 Å². The second kappa shape index (κ2) is 36.5. The molecule has 29 heteroatoms. The van der Waals surface area contributed by atoms with Crippen LogP contribution in [0.2, 0.25) is 5.02 Å². The molecule has 0 bridgehead atoms. The van der Waals surface area contributed by atoms with Gasteiger partial charge in [-0.1, -0.05) is 127 Å². The van der Waals surface area contributed by atoms with Crippen LogP contribution in [0.5, 0.6) is 0 Å². The molecule has 1 spiro atoms. The van der Waals surface area contributed by atoms with E-state index in [9.17, 15) is 46.7 Å². The number of amides is 12. The minimum Gasteiger partial charge on any atom is -0.347 e. The van der Waals surface area contributed by atoms with Crippen LogP contribution in [0.3, 0.4) is 0 Å². The Morgan fingerprint density at radius 1 is 0.657 bits per heavy atom. The van der Waals surface area contributed by atoms with E-state index >= 15 is 28.4 Å². The van der Waals surface area contributed by atoms with Gasteiger partial charge in [0.05, 0.1) is 23.6 Å². The summed E-state index contributed by atoms with van der Waals surface area (Å²) in [4.78, 5) is 191. The van der Waals surface area contributed by atoms with Gasteiger partial charge in [-0.05, 0) is 111 Å². The highest BCUT2D eigenvalue weighted by molar-refractivity contribution is 6.31. The summed E-state index contributed by atoms with van der Waals surface area (Å²) in [5, 5.41) is 7.90. The van der Waals surface area contributed by atoms with Crippen molar-refractivity contribution in [2.24, 2.45) is 17.8 Å². The fourth-order valence-electron chi connectivity index (χ4n) is 14.0. The van der Waals surface area contributed by atoms with Crippen LogP contribution < -0.4 is 16.0 Å². The van der Waals surface area contributed by atoms with Crippen molar-refractivity contribution in [2.45, 2.75) is 205 Å². The van der Waals surface area contributed by atoms with Gasteiger partial charge in [0.1, 0.15) is 65.7 Å². The van der Waals surface area contributed by atoms with E-state index in [4.69, 9.17) is 11.6 Å². The molecular weight excluding hydrogens is 1380 g/mol. The SMILES string of the molecule is CC[C@H](C)[C@@H]1NC(=O)[C@H](CC(C)C)N(C)C(=O)C[C@@H](C(=O)N(C)C)N(C)C(=O)[C@H]([C@@H](C)CC)N(C)C(=O)C2(CCCC2)NC(=O)[C@H](Cc2cccc(F)c2)N(C)C(=O)[C@H](CCc2ccc(C(F)(F)F)c(Cl)c2)NC(=O)CN(C)C(=O)[C@H](Cc2ccc(C)cc2)N(C)C(=O)C2CCN2C(=O)[C@H](C)N(C)C1=O. The Bertz CT molecular complexity index is 3670. The zero-order chi connectivity index (χ0) is 78.6. The first-order valence-electron chi connectivity index (χ1n) is 36.0. The summed E-state index contributed by atoms with van der Waals surface area (Å²) < 4.78 is 57.1. The Kier molecular flexibility index (Phi) is 29.7. The predicted molar refractivity (Wildman–Crippen MR) is 387 cm³/mol. The molecule has 2 aliphatic heterocycles. The third-order valence-electron chi connectivity index (χ3n) is 21.4. The number of hydrogen-bond donors (Lipinski definition) is 3. The number of carbonyl (C=O) groups is 12. The summed E-state index contributed by atoms with van der Waals surface area (Å²) in [5.74, 6) is -11.1. The van der Waals surface area contributed by atoms with Gasteiger partial charge < -0.3 is 60.0 Å². The molecule has 3 fully saturated rings. The largest absolute Gasteiger partial charge is 0.417 e. The van der Waals surface area contributed by atoms with Crippen LogP contribution >= 0.6 is 11.6 Å². The maximum atomic E-state index is 15.7. The van der Waals surface area contributed by atoms with Gasteiger partial charge in [-0.3, -0.25) is 57.5 Å². The molecule has 24 nitrogen and oxygen atoms in total. The second-order valence-electron chi connectivity index (χ2n) is 29.5. The summed E-state index contributed by atoms with van der Waals surface area (Å²) in [6, 6.07) is 3.09. The van der Waals surface area contributed by atoms with Gasteiger partial charge in [0.2, 0.25) is 70.9 Å². The van der Waals surface area contributed by atoms with E-state index in [1.54, 1.807) is 32.9 Å². The number of hydrogen-bond acceptors (Lipinski definition) is 12. The normalized spacial score (nSPS) is 24.8. The van der Waals surface area contributed by atoms with Crippen molar-refractivity contribution in [3.05, 3.63) is 105 Å². The van der Waals surface area contributed by atoms with E-state index in [1.807, 2.05) is 39.8 Å². The quantitative estimate of drug-likeness (QED) is 0.150. The van der Waals surface area contributed by atoms with Crippen molar-refractivity contribution in [3.63, 3.8) is 0 Å². The number of halogens is 5. The number of alkyl halides is 3. The zero-order valence-electron chi connectivity index (χ0n) is 63.7. The molecule has 0 aromatic heterocycles. The number of likely N-dealkylation sites (N-methyl/N-ethyl adjacent to an activating group) is 8. The van der Waals surface area contributed by atoms with Crippen molar-refractivity contribution in [1.29, 1.82) is 0 Å². The Morgan fingerprint density at radius 2 is 1.26 bits per heavy atom. The fourth-order valence-corrected chi connectivity index (χ4v) is 14.3. The first kappa shape index (κ1) is 85.2. The Labute approximate surface area is 619 Å². The third kappa shape index (κ3) is 20.7. The van der Waals surface area contributed by atoms with E-state index in [0.29, 0.717) is 31.2 Å². The highest BCUT2D eigenvalue weighted by Gasteiger charge is 2.51. The minimum atomic E-state index is -4.82. The predicted octanol–water partition coefficient (Wildman–Crippen LogP) is 6.29. The number of nitrogens with one attached hydrogen (secondary N) is 3. The summed E-state index contributed by atoms with van der Waals surface area (Å²) in [5.41, 5.74) is -0.943. The number of benzene rings is 3. The molecule has 2 heterocycles. The first-order chi connectivity index (χ1) is 49.1. The van der Waals surface area contributed by atoms with Gasteiger partial charge in [0.25, 0.3) is 0 Å². The maximum Gasteiger partial charge on any atom is 0.417 e. The van der Waals surface area contributed by atoms with Crippen LogP contribution in [0, 0.1) is 30.5 Å². The molecule has 0 radical (unpaired) electrons. The molecule has 12 amide bonds. The fraction of sp³-hybridized carbons (Fsp3) is 0.605. The van der Waals surface area contributed by atoms with Crippen molar-refractivity contribution in [1.82, 2.24) is 60.0 Å². The van der Waals surface area contributed by atoms with Gasteiger partial charge in [-0.15, -0.1) is 0 Å². The summed E-state index contributed by atoms with van der Waals surface area (Å²) in [7, 11) is 12.3. The lowest BCUT2D eigenvalue weighted by Gasteiger charge is -2.45. The molecule has 6 rings (SSSR count). The molecule has 3 N–H and O–H groups in total. The molecule has 3 aliphatic rings. The van der Waals surface area contributed by atoms with Crippen LogP contribution in [0.1, 0.15) is 140 Å². The lowest BCUT2D eigenvalue weighted by atomic mass is 9.90. The summed E-state index contributed by atoms with van der Waals surface area (Å²) in [6.45, 7) is 13.4. The van der Waals surface area contributed by atoms with E-state index in [1.165, 1.54) is 118 Å². The number of fused-ring (bicyclic) bond motifs is 1. The van der Waals surface area contributed by atoms with E-state index in [2.05, 4.69) is 16.0 Å². The Balaban J connectivity index is 1.51. The third-order valence-corrected chi connectivity index (χ3v) is 21.7. The molecule has 1 aliphatic carbocycles. The minimum absolute atomic E-state index is 0.0361. The van der Waals surface area contributed by atoms with Gasteiger partial charge in [-0.25, -0.2) is 4.39 Å². The topological polar surface area (TPSA) is 270 Å². The monoisotopic (exact) mass is 1490 g/mol. The summed E-state index contributed by atoms with van der Waals surface area (Å²) in [6.07, 6.45) is -4.69. The molecule has 11 atom stereocenters. The average Bonchev–Trinajstić information content (AvgIpc) is 1.75. The number of nitrogens with zero attached hydrogens (tertiary/aromatic N) is 9. The maximum absolute atomic E-state index is 15.7. The Morgan fingerprint density at radius 3 is 1.81 bits per heavy atom. The van der Waals surface area contributed by atoms with Crippen LogP contribution in [-0.4, -0.2) is 251 Å². The molecule has 3 aromatic rings. The average molecular weight is 1490 g/mol. The highest BCUT2D eigenvalue weighted by Crippen LogP contribution is 2.37. The van der Waals surface area contributed by atoms with Gasteiger partial charge in [0.15, 0.2) is 0 Å². The number of carbonyl (C=O) groups excluding carboxylic acids is 12. The van der Waals surface area contributed by atoms with E-state index in [0.717, 1.165) is 44.5 Å². The molecule has 578 valence electrons. The van der Waals surface area contributed by atoms with Crippen LogP contribution in [0.15, 0.2) is 66.7 Å². The van der Waals surface area contributed by atoms with Crippen molar-refractivity contribution in [3.8, 4) is 0 Å². The highest BCUT2D eigenvalue weighted by atomic mass is 35.5. The smallest absolute Gasteiger partial charge is 0.347 e. The molecule has 2 saturated heterocycles. The zero-order valence-corrected chi connectivity index (χ0v) is 64.5. The standard InChI is InChI=1S/C76H107ClF4N12O12/c1-18-46(6)63-72(103)87(12)48(8)67(98)93-36-33-56(93)71(102)90(15)59(40-50-27-25-45(5)26-28-50)70(101)86(11)43-61(94)82-55(32-30-49-29-31-53(54(77)39-49)76(79,80)81)68(99)89(14)58(41-51-23-22-24-52(78)38-51)66(97)84-75(34-20-21-35-75)74(105)92(17)64(47(7)19-2)73(104)91(16)60(69(100)85(9)10)42-62(95)88(13)57(37-44(3)4)65(96)83-63/h22-29,31,38-39,44,46-48,55-60,63-64H,18-21,30,32-37,40-43H2,1-17H3,(H,82,94)(H,83,96)(H,84,97)/t46-,47-,48-,55-,56?,57-,58-,59-,60-,63-,64-/m0/s1. The lowest BCUT2D eigenvalue weighted by Crippen LogP contribution is -2.65. The Hall–Kier alpha value is -8.69. The lowest BCUT2D eigenvalue weighted by molar-refractivity contribution is -0.160. The molecule has 105 heavy (non-hydrogen) atoms. The molecule has 3 aromatic carbocycles. The van der Waals surface area contributed by atoms with E-state index < -0.39 is 178 Å². The molecule has 1 saturated carbocycles. The van der Waals surface area contributed by atoms with Crippen molar-refractivity contribution in [2.75, 3.05) is 76.5 Å². The van der Waals surface area contributed by atoms with Gasteiger partial charge in [0, 0.05) is 82.8 Å². The van der Waals surface area contributed by atoms with Crippen LogP contribution in [0.4, 0.5) is 17.6 Å². The van der Waals surface area contributed by atoms with Gasteiger partial charge in [-0.2, -0.15) is 13.2 Å². The number of rotatable bonds is 14. The first-order valence-corrected chi connectivity index (χ1v) is 36.4. The molecular formula is C76H107ClF4N12O12. The summed E-state index contributed by atoms with van der Waals surface area (Å²) >= 11 is 6.18. The van der Waals surface area contributed by atoms with Crippen molar-refractivity contribution < 1.29 is 75.1 Å². The number of aryl methyl sites for hydroxylation is 2. The second-order valence-corrected chi connectivity index (χ2v) is 29.9. The van der Waals surface area contributed by atoms with E-state index in [-0.39, 0.29) is 75.0 Å². The van der Waals surface area contributed by atoms with Crippen LogP contribution in [-0.2, 0) is 83.0 Å². The van der Waals surface area contributed by atoms with Crippen molar-refractivity contribution >= 4 is 82.5 Å².